The SMILES string of the molecule is CC1C(=O)NCCN1C(=O)CC1CCSCC1. The second-order valence-electron chi connectivity index (χ2n) is 4.81. The molecule has 0 radical (unpaired) electrons. The Labute approximate surface area is 106 Å². The first-order chi connectivity index (χ1) is 8.18. The number of amides is 2. The van der Waals surface area contributed by atoms with Crippen molar-refractivity contribution in [2.45, 2.75) is 32.2 Å². The first-order valence-corrected chi connectivity index (χ1v) is 7.49. The van der Waals surface area contributed by atoms with Gasteiger partial charge in [0.25, 0.3) is 0 Å². The Morgan fingerprint density at radius 3 is 2.88 bits per heavy atom. The van der Waals surface area contributed by atoms with Gasteiger partial charge < -0.3 is 10.2 Å². The summed E-state index contributed by atoms with van der Waals surface area (Å²) in [6.07, 6.45) is 2.91. The number of carbonyl (C=O) groups is 2. The number of hydrogen-bond acceptors (Lipinski definition) is 3. The molecule has 0 saturated carbocycles. The summed E-state index contributed by atoms with van der Waals surface area (Å²) in [5.74, 6) is 3.01. The maximum atomic E-state index is 12.2. The smallest absolute Gasteiger partial charge is 0.242 e. The Kier molecular flexibility index (Phi) is 4.31. The number of carbonyl (C=O) groups excluding carboxylic acids is 2. The molecule has 0 aromatic carbocycles. The van der Waals surface area contributed by atoms with Gasteiger partial charge in [-0.1, -0.05) is 0 Å². The lowest BCUT2D eigenvalue weighted by Crippen LogP contribution is -2.56. The largest absolute Gasteiger partial charge is 0.353 e. The minimum Gasteiger partial charge on any atom is -0.353 e. The van der Waals surface area contributed by atoms with Gasteiger partial charge in [-0.15, -0.1) is 0 Å². The molecule has 1 atom stereocenters. The molecule has 0 aromatic heterocycles. The fourth-order valence-electron chi connectivity index (χ4n) is 2.44. The highest BCUT2D eigenvalue weighted by molar-refractivity contribution is 7.99. The maximum Gasteiger partial charge on any atom is 0.242 e. The van der Waals surface area contributed by atoms with E-state index in [1.807, 2.05) is 18.7 Å². The Bertz CT molecular complexity index is 303. The predicted molar refractivity (Wildman–Crippen MR) is 68.9 cm³/mol. The van der Waals surface area contributed by atoms with Crippen LogP contribution in [0.3, 0.4) is 0 Å². The van der Waals surface area contributed by atoms with Gasteiger partial charge in [-0.05, 0) is 37.2 Å². The minimum atomic E-state index is -0.297. The molecule has 2 heterocycles. The van der Waals surface area contributed by atoms with Gasteiger partial charge in [-0.2, -0.15) is 11.8 Å². The molecule has 0 bridgehead atoms. The molecule has 2 aliphatic heterocycles. The third kappa shape index (κ3) is 3.15. The molecule has 0 aromatic rings. The van der Waals surface area contributed by atoms with E-state index < -0.39 is 0 Å². The van der Waals surface area contributed by atoms with E-state index in [2.05, 4.69) is 5.32 Å². The first kappa shape index (κ1) is 12.7. The van der Waals surface area contributed by atoms with Gasteiger partial charge >= 0.3 is 0 Å². The second-order valence-corrected chi connectivity index (χ2v) is 6.04. The van der Waals surface area contributed by atoms with Crippen molar-refractivity contribution in [2.24, 2.45) is 5.92 Å². The van der Waals surface area contributed by atoms with Crippen LogP contribution < -0.4 is 5.32 Å². The highest BCUT2D eigenvalue weighted by atomic mass is 32.2. The van der Waals surface area contributed by atoms with Gasteiger partial charge in [-0.25, -0.2) is 0 Å². The van der Waals surface area contributed by atoms with Gasteiger partial charge in [0.05, 0.1) is 0 Å². The summed E-state index contributed by atoms with van der Waals surface area (Å²) >= 11 is 1.97. The van der Waals surface area contributed by atoms with Crippen LogP contribution >= 0.6 is 11.8 Å². The summed E-state index contributed by atoms with van der Waals surface area (Å²) in [5, 5.41) is 2.78. The molecule has 17 heavy (non-hydrogen) atoms. The Morgan fingerprint density at radius 2 is 2.18 bits per heavy atom. The molecule has 2 amide bonds. The number of nitrogens with zero attached hydrogens (tertiary/aromatic N) is 1. The molecule has 2 fully saturated rings. The van der Waals surface area contributed by atoms with E-state index in [1.54, 1.807) is 4.90 Å². The molecule has 0 spiro atoms. The molecule has 96 valence electrons. The van der Waals surface area contributed by atoms with Crippen molar-refractivity contribution in [3.63, 3.8) is 0 Å². The molecule has 1 unspecified atom stereocenters. The highest BCUT2D eigenvalue weighted by Gasteiger charge is 2.30. The summed E-state index contributed by atoms with van der Waals surface area (Å²) < 4.78 is 0. The zero-order valence-electron chi connectivity index (χ0n) is 10.3. The molecule has 2 aliphatic rings. The summed E-state index contributed by atoms with van der Waals surface area (Å²) in [5.41, 5.74) is 0. The van der Waals surface area contributed by atoms with E-state index in [0.29, 0.717) is 25.4 Å². The third-order valence-corrected chi connectivity index (χ3v) is 4.67. The fraction of sp³-hybridized carbons (Fsp3) is 0.833. The van der Waals surface area contributed by atoms with Crippen LogP contribution in [-0.2, 0) is 9.59 Å². The summed E-state index contributed by atoms with van der Waals surface area (Å²) in [6.45, 7) is 3.06. The average Bonchev–Trinajstić information content (AvgIpc) is 2.34. The monoisotopic (exact) mass is 256 g/mol. The van der Waals surface area contributed by atoms with E-state index >= 15 is 0 Å². The van der Waals surface area contributed by atoms with E-state index in [1.165, 1.54) is 11.5 Å². The molecule has 2 rings (SSSR count). The molecule has 2 saturated heterocycles. The van der Waals surface area contributed by atoms with Crippen LogP contribution in [0.1, 0.15) is 26.2 Å². The first-order valence-electron chi connectivity index (χ1n) is 6.33. The number of nitrogens with one attached hydrogen (secondary N) is 1. The maximum absolute atomic E-state index is 12.2. The minimum absolute atomic E-state index is 0.0243. The molecule has 0 aliphatic carbocycles. The van der Waals surface area contributed by atoms with Gasteiger partial charge in [0.15, 0.2) is 0 Å². The van der Waals surface area contributed by atoms with Crippen LogP contribution in [-0.4, -0.2) is 47.4 Å². The Hall–Kier alpha value is -0.710. The van der Waals surface area contributed by atoms with Gasteiger partial charge in [0.2, 0.25) is 11.8 Å². The van der Waals surface area contributed by atoms with Crippen LogP contribution in [0.2, 0.25) is 0 Å². The van der Waals surface area contributed by atoms with Crippen LogP contribution in [0.25, 0.3) is 0 Å². The van der Waals surface area contributed by atoms with E-state index in [9.17, 15) is 9.59 Å². The molecule has 5 heteroatoms. The quantitative estimate of drug-likeness (QED) is 0.797. The molecular weight excluding hydrogens is 236 g/mol. The molecule has 1 N–H and O–H groups in total. The van der Waals surface area contributed by atoms with Crippen molar-refractivity contribution in [3.05, 3.63) is 0 Å². The topological polar surface area (TPSA) is 49.4 Å². The van der Waals surface area contributed by atoms with Crippen LogP contribution in [0.5, 0.6) is 0 Å². The van der Waals surface area contributed by atoms with Crippen molar-refractivity contribution in [1.29, 1.82) is 0 Å². The van der Waals surface area contributed by atoms with Crippen molar-refractivity contribution in [1.82, 2.24) is 10.2 Å². The number of rotatable bonds is 2. The Morgan fingerprint density at radius 1 is 1.47 bits per heavy atom. The van der Waals surface area contributed by atoms with Gasteiger partial charge in [-0.3, -0.25) is 9.59 Å². The summed E-state index contributed by atoms with van der Waals surface area (Å²) in [7, 11) is 0. The Balaban J connectivity index is 1.87. The summed E-state index contributed by atoms with van der Waals surface area (Å²) in [6, 6.07) is -0.297. The van der Waals surface area contributed by atoms with E-state index in [-0.39, 0.29) is 17.9 Å². The standard InChI is InChI=1S/C12H20N2O2S/c1-9-12(16)13-4-5-14(9)11(15)8-10-2-6-17-7-3-10/h9-10H,2-8H2,1H3,(H,13,16). The van der Waals surface area contributed by atoms with Crippen molar-refractivity contribution >= 4 is 23.6 Å². The number of thioether (sulfide) groups is 1. The van der Waals surface area contributed by atoms with Crippen molar-refractivity contribution < 1.29 is 9.59 Å². The van der Waals surface area contributed by atoms with Gasteiger partial charge in [0, 0.05) is 19.5 Å². The second kappa shape index (κ2) is 5.76. The lowest BCUT2D eigenvalue weighted by molar-refractivity contribution is -0.143. The summed E-state index contributed by atoms with van der Waals surface area (Å²) in [4.78, 5) is 25.4. The fourth-order valence-corrected chi connectivity index (χ4v) is 3.64. The number of hydrogen-bond donors (Lipinski definition) is 1. The molecular formula is C12H20N2O2S. The average molecular weight is 256 g/mol. The van der Waals surface area contributed by atoms with Crippen molar-refractivity contribution in [2.75, 3.05) is 24.6 Å². The lowest BCUT2D eigenvalue weighted by Gasteiger charge is -2.34. The van der Waals surface area contributed by atoms with Crippen molar-refractivity contribution in [3.8, 4) is 0 Å². The van der Waals surface area contributed by atoms with Gasteiger partial charge in [0.1, 0.15) is 6.04 Å². The molecule has 4 nitrogen and oxygen atoms in total. The third-order valence-electron chi connectivity index (χ3n) is 3.62. The number of piperazine rings is 1. The van der Waals surface area contributed by atoms with Crippen LogP contribution in [0, 0.1) is 5.92 Å². The lowest BCUT2D eigenvalue weighted by atomic mass is 9.97. The van der Waals surface area contributed by atoms with E-state index in [4.69, 9.17) is 0 Å². The normalized spacial score (nSPS) is 26.8. The van der Waals surface area contributed by atoms with Crippen LogP contribution in [0.15, 0.2) is 0 Å². The highest BCUT2D eigenvalue weighted by Crippen LogP contribution is 2.26. The van der Waals surface area contributed by atoms with Crippen LogP contribution in [0.4, 0.5) is 0 Å². The zero-order valence-corrected chi connectivity index (χ0v) is 11.1. The predicted octanol–water partition coefficient (Wildman–Crippen LogP) is 0.867. The zero-order chi connectivity index (χ0) is 12.3. The van der Waals surface area contributed by atoms with E-state index in [0.717, 1.165) is 12.8 Å².